The number of ether oxygens (including phenoxy) is 4. The van der Waals surface area contributed by atoms with Gasteiger partial charge in [0.1, 0.15) is 30.2 Å². The number of aromatic nitrogens is 2. The molecular weight excluding hydrogens is 450 g/mol. The minimum atomic E-state index is -0.446. The zero-order valence-corrected chi connectivity index (χ0v) is 20.1. The van der Waals surface area contributed by atoms with Crippen LogP contribution in [0.4, 0.5) is 5.69 Å². The van der Waals surface area contributed by atoms with Gasteiger partial charge in [-0.15, -0.1) is 5.12 Å². The molecule has 0 radical (unpaired) electrons. The lowest BCUT2D eigenvalue weighted by atomic mass is 10.1. The van der Waals surface area contributed by atoms with Gasteiger partial charge in [0.25, 0.3) is 0 Å². The number of methoxy groups -OCH3 is 2. The number of benzene rings is 2. The van der Waals surface area contributed by atoms with Crippen molar-refractivity contribution in [2.75, 3.05) is 39.5 Å². The normalized spacial score (nSPS) is 14.5. The van der Waals surface area contributed by atoms with Gasteiger partial charge in [0, 0.05) is 25.6 Å². The Labute approximate surface area is 203 Å². The van der Waals surface area contributed by atoms with Gasteiger partial charge in [0.05, 0.1) is 49.3 Å². The number of nitrogens with zero attached hydrogens (tertiary/aromatic N) is 4. The minimum Gasteiger partial charge on any atom is -0.497 e. The van der Waals surface area contributed by atoms with Crippen LogP contribution in [0, 0.1) is 0 Å². The molecule has 1 aromatic heterocycles. The Morgan fingerprint density at radius 2 is 1.83 bits per heavy atom. The van der Waals surface area contributed by atoms with Crippen molar-refractivity contribution in [1.82, 2.24) is 20.1 Å². The number of carbonyl (C=O) groups excluding carboxylic acids is 1. The molecule has 2 aromatic carbocycles. The van der Waals surface area contributed by atoms with E-state index in [0.29, 0.717) is 23.6 Å². The molecule has 5 rings (SSSR count). The fourth-order valence-corrected chi connectivity index (χ4v) is 4.35. The molecule has 0 saturated carbocycles. The first-order valence-electron chi connectivity index (χ1n) is 11.2. The van der Waals surface area contributed by atoms with Gasteiger partial charge in [-0.05, 0) is 31.2 Å². The average molecular weight is 478 g/mol. The van der Waals surface area contributed by atoms with E-state index in [1.54, 1.807) is 27.5 Å². The minimum absolute atomic E-state index is 0.275. The molecular formula is C25H27N5O5. The summed E-state index contributed by atoms with van der Waals surface area (Å²) >= 11 is 0. The second kappa shape index (κ2) is 9.22. The van der Waals surface area contributed by atoms with Gasteiger partial charge < -0.3 is 24.4 Å². The Kier molecular flexibility index (Phi) is 5.96. The van der Waals surface area contributed by atoms with Crippen molar-refractivity contribution in [2.24, 2.45) is 0 Å². The molecule has 2 aliphatic rings. The van der Waals surface area contributed by atoms with Crippen molar-refractivity contribution < 1.29 is 23.7 Å². The summed E-state index contributed by atoms with van der Waals surface area (Å²) in [6, 6.07) is 13.3. The first-order chi connectivity index (χ1) is 17.0. The Morgan fingerprint density at radius 1 is 1.06 bits per heavy atom. The van der Waals surface area contributed by atoms with E-state index in [1.807, 2.05) is 59.2 Å². The molecule has 0 spiro atoms. The van der Waals surface area contributed by atoms with Crippen LogP contribution in [0.3, 0.4) is 0 Å². The van der Waals surface area contributed by atoms with Crippen molar-refractivity contribution in [3.63, 3.8) is 0 Å². The standard InChI is InChI=1S/C25H27N5O5/c1-5-34-25(31)24-23-13-21-19(14-35-18-8-6-7-16(11-18)32-3)27-28(2)30(21)22-12-17(33-4)9-10-20(22)29(23)15-26-24/h6-12,15,27H,5,13-14H2,1-4H3. The van der Waals surface area contributed by atoms with Crippen LogP contribution in [0.2, 0.25) is 0 Å². The van der Waals surface area contributed by atoms with E-state index in [1.165, 1.54) is 0 Å². The second-order valence-electron chi connectivity index (χ2n) is 8.00. The number of esters is 1. The van der Waals surface area contributed by atoms with Gasteiger partial charge in [0.2, 0.25) is 0 Å². The molecule has 0 fully saturated rings. The largest absolute Gasteiger partial charge is 0.497 e. The molecule has 2 aliphatic heterocycles. The Bertz CT molecular complexity index is 1300. The number of hydrogen-bond acceptors (Lipinski definition) is 9. The third-order valence-corrected chi connectivity index (χ3v) is 5.97. The van der Waals surface area contributed by atoms with Crippen LogP contribution in [-0.4, -0.2) is 55.1 Å². The average Bonchev–Trinajstić information content (AvgIpc) is 3.39. The summed E-state index contributed by atoms with van der Waals surface area (Å²) in [5.41, 5.74) is 7.95. The highest BCUT2D eigenvalue weighted by molar-refractivity contribution is 5.89. The van der Waals surface area contributed by atoms with E-state index >= 15 is 0 Å². The molecule has 1 N–H and O–H groups in total. The van der Waals surface area contributed by atoms with Crippen LogP contribution < -0.4 is 24.6 Å². The summed E-state index contributed by atoms with van der Waals surface area (Å²) < 4.78 is 24.1. The molecule has 0 unspecified atom stereocenters. The summed E-state index contributed by atoms with van der Waals surface area (Å²) in [5.74, 6) is 1.68. The van der Waals surface area contributed by atoms with Crippen LogP contribution in [0.25, 0.3) is 5.69 Å². The van der Waals surface area contributed by atoms with Crippen molar-refractivity contribution in [3.05, 3.63) is 71.6 Å². The molecule has 10 nitrogen and oxygen atoms in total. The van der Waals surface area contributed by atoms with Crippen molar-refractivity contribution in [1.29, 1.82) is 0 Å². The second-order valence-corrected chi connectivity index (χ2v) is 8.00. The first-order valence-corrected chi connectivity index (χ1v) is 11.2. The van der Waals surface area contributed by atoms with E-state index < -0.39 is 5.97 Å². The predicted molar refractivity (Wildman–Crippen MR) is 129 cm³/mol. The van der Waals surface area contributed by atoms with E-state index in [-0.39, 0.29) is 13.2 Å². The number of fused-ring (bicyclic) bond motifs is 5. The lowest BCUT2D eigenvalue weighted by molar-refractivity contribution is 0.0519. The highest BCUT2D eigenvalue weighted by atomic mass is 16.5. The van der Waals surface area contributed by atoms with Crippen molar-refractivity contribution in [2.45, 2.75) is 13.3 Å². The van der Waals surface area contributed by atoms with Crippen molar-refractivity contribution in [3.8, 4) is 22.9 Å². The zero-order chi connectivity index (χ0) is 24.5. The summed E-state index contributed by atoms with van der Waals surface area (Å²) in [4.78, 5) is 17.1. The summed E-state index contributed by atoms with van der Waals surface area (Å²) in [5, 5.41) is 3.95. The summed E-state index contributed by atoms with van der Waals surface area (Å²) in [7, 11) is 5.18. The first kappa shape index (κ1) is 22.6. The van der Waals surface area contributed by atoms with Crippen LogP contribution in [0.15, 0.2) is 60.2 Å². The smallest absolute Gasteiger partial charge is 0.358 e. The predicted octanol–water partition coefficient (Wildman–Crippen LogP) is 3.08. The van der Waals surface area contributed by atoms with Crippen LogP contribution >= 0.6 is 0 Å². The lowest BCUT2D eigenvalue weighted by Gasteiger charge is -2.28. The van der Waals surface area contributed by atoms with E-state index in [0.717, 1.165) is 34.2 Å². The molecule has 0 bridgehead atoms. The topological polar surface area (TPSA) is 90.3 Å². The number of hydrogen-bond donors (Lipinski definition) is 1. The molecule has 182 valence electrons. The van der Waals surface area contributed by atoms with Gasteiger partial charge >= 0.3 is 5.97 Å². The highest BCUT2D eigenvalue weighted by Crippen LogP contribution is 2.40. The molecule has 0 amide bonds. The fraction of sp³-hybridized carbons (Fsp3) is 0.280. The highest BCUT2D eigenvalue weighted by Gasteiger charge is 2.36. The molecule has 0 atom stereocenters. The molecule has 0 aliphatic carbocycles. The maximum Gasteiger partial charge on any atom is 0.358 e. The van der Waals surface area contributed by atoms with Gasteiger partial charge in [-0.1, -0.05) is 6.07 Å². The quantitative estimate of drug-likeness (QED) is 0.516. The fourth-order valence-electron chi connectivity index (χ4n) is 4.35. The zero-order valence-electron chi connectivity index (χ0n) is 20.1. The molecule has 10 heteroatoms. The Balaban J connectivity index is 1.59. The van der Waals surface area contributed by atoms with Gasteiger partial charge in [-0.25, -0.2) is 9.78 Å². The molecule has 35 heavy (non-hydrogen) atoms. The lowest BCUT2D eigenvalue weighted by Crippen LogP contribution is -2.40. The van der Waals surface area contributed by atoms with Gasteiger partial charge in [-0.2, -0.15) is 0 Å². The maximum absolute atomic E-state index is 12.7. The summed E-state index contributed by atoms with van der Waals surface area (Å²) in [6.45, 7) is 2.34. The number of anilines is 1. The third kappa shape index (κ3) is 4.01. The monoisotopic (exact) mass is 477 g/mol. The number of rotatable bonds is 7. The third-order valence-electron chi connectivity index (χ3n) is 5.97. The SMILES string of the molecule is CCOC(=O)c1ncn2c1CC1=C(COc3cccc(OC)c3)NN(C)N1c1cc(OC)ccc1-2. The number of carbonyl (C=O) groups is 1. The van der Waals surface area contributed by atoms with Crippen LogP contribution in [0.1, 0.15) is 23.1 Å². The van der Waals surface area contributed by atoms with Gasteiger partial charge in [0.15, 0.2) is 5.69 Å². The van der Waals surface area contributed by atoms with E-state index in [2.05, 4.69) is 15.4 Å². The van der Waals surface area contributed by atoms with Crippen LogP contribution in [-0.2, 0) is 11.2 Å². The number of allylic oxidation sites excluding steroid dienone is 1. The van der Waals surface area contributed by atoms with Gasteiger partial charge in [-0.3, -0.25) is 9.58 Å². The Hall–Kier alpha value is -4.18. The Morgan fingerprint density at radius 3 is 2.60 bits per heavy atom. The number of nitrogens with one attached hydrogen (secondary N) is 1. The molecule has 0 saturated heterocycles. The molecule has 3 aromatic rings. The van der Waals surface area contributed by atoms with Crippen LogP contribution in [0.5, 0.6) is 17.2 Å². The van der Waals surface area contributed by atoms with Crippen molar-refractivity contribution >= 4 is 11.7 Å². The maximum atomic E-state index is 12.7. The number of imidazole rings is 1. The van der Waals surface area contributed by atoms with E-state index in [9.17, 15) is 4.79 Å². The molecule has 3 heterocycles. The van der Waals surface area contributed by atoms with E-state index in [4.69, 9.17) is 18.9 Å². The number of hydrazine groups is 2. The summed E-state index contributed by atoms with van der Waals surface area (Å²) in [6.07, 6.45) is 2.09.